The first kappa shape index (κ1) is 2.70. The molecule has 1 heterocycles. The number of pyridine rings is 1. The van der Waals surface area contributed by atoms with Gasteiger partial charge < -0.3 is 0 Å². The van der Waals surface area contributed by atoms with Gasteiger partial charge >= 0.3 is 0 Å². The van der Waals surface area contributed by atoms with Gasteiger partial charge in [0.1, 0.15) is 0 Å². The number of aromatic nitrogens is 1. The predicted octanol–water partition coefficient (Wildman–Crippen LogP) is 2.41. The summed E-state index contributed by atoms with van der Waals surface area (Å²) in [6.45, 7) is -2.71. The first-order valence-electron chi connectivity index (χ1n) is 4.87. The third-order valence-corrected chi connectivity index (χ3v) is 1.34. The molecule has 0 unspecified atom stereocenters. The fourth-order valence-electron chi connectivity index (χ4n) is 0.473. The Morgan fingerprint density at radius 1 is 2.00 bits per heavy atom. The maximum Gasteiger partial charge on any atom is 0.0412 e. The van der Waals surface area contributed by atoms with Gasteiger partial charge in [-0.1, -0.05) is 22.8 Å². The molecule has 0 aliphatic rings. The summed E-state index contributed by atoms with van der Waals surface area (Å²) in [5.74, 6) is 0. The van der Waals surface area contributed by atoms with Gasteiger partial charge in [0.25, 0.3) is 0 Å². The van der Waals surface area contributed by atoms with Crippen molar-refractivity contribution in [2.45, 2.75) is 13.2 Å². The Hall–Kier alpha value is -0.370. The second-order valence-electron chi connectivity index (χ2n) is 1.48. The third kappa shape index (κ3) is 1.79. The molecule has 2 heteroatoms. The van der Waals surface area contributed by atoms with Crippen LogP contribution >= 0.6 is 15.9 Å². The van der Waals surface area contributed by atoms with Crippen molar-refractivity contribution >= 4 is 15.9 Å². The Kier molecular flexibility index (Phi) is 0.892. The van der Waals surface area contributed by atoms with E-state index in [9.17, 15) is 0 Å². The molecule has 0 N–H and O–H groups in total. The first-order chi connectivity index (χ1) is 6.25. The van der Waals surface area contributed by atoms with Crippen LogP contribution in [0.1, 0.15) is 19.4 Å². The fraction of sp³-hybridized carbons (Fsp3) is 0.286. The third-order valence-electron chi connectivity index (χ3n) is 0.850. The Bertz CT molecular complexity index is 335. The minimum absolute atomic E-state index is 0.0909. The lowest BCUT2D eigenvalue weighted by atomic mass is 10.3. The van der Waals surface area contributed by atoms with Gasteiger partial charge in [-0.2, -0.15) is 0 Å². The highest BCUT2D eigenvalue weighted by atomic mass is 79.9. The lowest BCUT2D eigenvalue weighted by Gasteiger charge is -1.93. The van der Waals surface area contributed by atoms with Crippen LogP contribution in [0.5, 0.6) is 0 Å². The Morgan fingerprint density at radius 2 is 2.89 bits per heavy atom. The maximum absolute atomic E-state index is 7.44. The standard InChI is InChI=1S/C7H8BrN/c1-2-7-5-6(8)3-4-9-7/h3-5H,2H2,1H3/i1D3,2D2. The van der Waals surface area contributed by atoms with Gasteiger partial charge in [0.2, 0.25) is 0 Å². The summed E-state index contributed by atoms with van der Waals surface area (Å²) in [4.78, 5) is 3.71. The molecular weight excluding hydrogens is 178 g/mol. The molecule has 0 aliphatic carbocycles. The van der Waals surface area contributed by atoms with Crippen LogP contribution in [0, 0.1) is 0 Å². The van der Waals surface area contributed by atoms with E-state index in [4.69, 9.17) is 6.85 Å². The van der Waals surface area contributed by atoms with E-state index in [0.29, 0.717) is 4.47 Å². The van der Waals surface area contributed by atoms with Crippen molar-refractivity contribution in [3.05, 3.63) is 28.5 Å². The van der Waals surface area contributed by atoms with Crippen molar-refractivity contribution < 1.29 is 6.85 Å². The second-order valence-corrected chi connectivity index (χ2v) is 2.40. The van der Waals surface area contributed by atoms with Crippen LogP contribution in [0.15, 0.2) is 22.8 Å². The minimum Gasteiger partial charge on any atom is -0.261 e. The van der Waals surface area contributed by atoms with E-state index in [2.05, 4.69) is 20.9 Å². The Balaban J connectivity index is 3.16. The molecule has 0 amide bonds. The number of aryl methyl sites for hydroxylation is 1. The number of halogens is 1. The van der Waals surface area contributed by atoms with E-state index in [0.717, 1.165) is 0 Å². The van der Waals surface area contributed by atoms with Crippen molar-refractivity contribution in [3.8, 4) is 0 Å². The van der Waals surface area contributed by atoms with Gasteiger partial charge in [0.05, 0.1) is 0 Å². The highest BCUT2D eigenvalue weighted by molar-refractivity contribution is 9.10. The average Bonchev–Trinajstić information content (AvgIpc) is 2.02. The van der Waals surface area contributed by atoms with Gasteiger partial charge in [-0.3, -0.25) is 4.98 Å². The summed E-state index contributed by atoms with van der Waals surface area (Å²) in [5, 5.41) is 0. The number of hydrogen-bond acceptors (Lipinski definition) is 1. The van der Waals surface area contributed by atoms with E-state index >= 15 is 0 Å². The highest BCUT2D eigenvalue weighted by Crippen LogP contribution is 2.08. The van der Waals surface area contributed by atoms with E-state index in [1.807, 2.05) is 0 Å². The van der Waals surface area contributed by atoms with Crippen molar-refractivity contribution in [1.29, 1.82) is 0 Å². The summed E-state index contributed by atoms with van der Waals surface area (Å²) in [6, 6.07) is 2.98. The normalized spacial score (nSPS) is 20.8. The molecule has 0 aromatic carbocycles. The molecule has 1 aromatic heterocycles. The number of hydrogen-bond donors (Lipinski definition) is 0. The topological polar surface area (TPSA) is 12.9 Å². The summed E-state index contributed by atoms with van der Waals surface area (Å²) < 4.78 is 36.6. The van der Waals surface area contributed by atoms with E-state index in [1.165, 1.54) is 12.3 Å². The summed E-state index contributed by atoms with van der Waals surface area (Å²) in [7, 11) is 0. The molecule has 1 nitrogen and oxygen atoms in total. The van der Waals surface area contributed by atoms with Crippen LogP contribution in [0.25, 0.3) is 0 Å². The maximum atomic E-state index is 7.44. The molecule has 1 aromatic rings. The first-order valence-corrected chi connectivity index (χ1v) is 3.16. The summed E-state index contributed by atoms with van der Waals surface area (Å²) in [6.07, 6.45) is -1.06. The smallest absolute Gasteiger partial charge is 0.0412 e. The van der Waals surface area contributed by atoms with Crippen molar-refractivity contribution in [2.75, 3.05) is 0 Å². The lowest BCUT2D eigenvalue weighted by molar-refractivity contribution is 1.03. The van der Waals surface area contributed by atoms with Gasteiger partial charge in [-0.25, -0.2) is 0 Å². The van der Waals surface area contributed by atoms with Gasteiger partial charge in [0.15, 0.2) is 0 Å². The molecule has 0 atom stereocenters. The Morgan fingerprint density at radius 3 is 3.56 bits per heavy atom. The van der Waals surface area contributed by atoms with Crippen LogP contribution in [0.3, 0.4) is 0 Å². The molecule has 9 heavy (non-hydrogen) atoms. The van der Waals surface area contributed by atoms with Crippen molar-refractivity contribution in [2.24, 2.45) is 0 Å². The van der Waals surface area contributed by atoms with Crippen molar-refractivity contribution in [3.63, 3.8) is 0 Å². The molecule has 48 valence electrons. The zero-order valence-electron chi connectivity index (χ0n) is 9.56. The summed E-state index contributed by atoms with van der Waals surface area (Å²) in [5.41, 5.74) is -0.0909. The Labute approximate surface area is 70.3 Å². The zero-order chi connectivity index (χ0) is 11.0. The molecular formula is C7H8BrN. The second kappa shape index (κ2) is 2.97. The minimum atomic E-state index is -2.71. The molecule has 0 spiro atoms. The average molecular weight is 191 g/mol. The molecule has 0 saturated carbocycles. The van der Waals surface area contributed by atoms with Gasteiger partial charge in [0, 0.05) is 23.2 Å². The zero-order valence-corrected chi connectivity index (χ0v) is 6.14. The van der Waals surface area contributed by atoms with Gasteiger partial charge in [-0.05, 0) is 18.5 Å². The van der Waals surface area contributed by atoms with E-state index < -0.39 is 13.2 Å². The quantitative estimate of drug-likeness (QED) is 0.664. The highest BCUT2D eigenvalue weighted by Gasteiger charge is 1.88. The molecule has 1 rings (SSSR count). The number of rotatable bonds is 1. The SMILES string of the molecule is [2H]C([2H])([2H])C([2H])([2H])c1cc(Br)ccn1. The van der Waals surface area contributed by atoms with Crippen molar-refractivity contribution in [1.82, 2.24) is 4.98 Å². The lowest BCUT2D eigenvalue weighted by Crippen LogP contribution is -1.83. The molecule has 0 radical (unpaired) electrons. The van der Waals surface area contributed by atoms with Crippen LogP contribution in [0.4, 0.5) is 0 Å². The summed E-state index contributed by atoms with van der Waals surface area (Å²) >= 11 is 3.13. The van der Waals surface area contributed by atoms with Gasteiger partial charge in [-0.15, -0.1) is 0 Å². The van der Waals surface area contributed by atoms with Crippen LogP contribution in [-0.4, -0.2) is 4.98 Å². The molecule has 0 aliphatic heterocycles. The fourth-order valence-corrected chi connectivity index (χ4v) is 0.808. The molecule has 0 saturated heterocycles. The van der Waals surface area contributed by atoms with E-state index in [-0.39, 0.29) is 5.69 Å². The van der Waals surface area contributed by atoms with Crippen LogP contribution < -0.4 is 0 Å². The molecule has 0 bridgehead atoms. The largest absolute Gasteiger partial charge is 0.261 e. The predicted molar refractivity (Wildman–Crippen MR) is 41.3 cm³/mol. The van der Waals surface area contributed by atoms with Crippen LogP contribution in [0.2, 0.25) is 0 Å². The monoisotopic (exact) mass is 190 g/mol. The van der Waals surface area contributed by atoms with Crippen LogP contribution in [-0.2, 0) is 6.37 Å². The van der Waals surface area contributed by atoms with E-state index in [1.54, 1.807) is 6.07 Å². The molecule has 0 fully saturated rings. The number of nitrogens with zero attached hydrogens (tertiary/aromatic N) is 1.